The number of phenolic OH excluding ortho intramolecular Hbond substituents is 2. The molecular formula is C17H19NO5. The van der Waals surface area contributed by atoms with Gasteiger partial charge in [0.05, 0.1) is 18.3 Å². The van der Waals surface area contributed by atoms with Crippen molar-refractivity contribution in [3.05, 3.63) is 47.5 Å². The topological polar surface area (TPSA) is 105 Å². The summed E-state index contributed by atoms with van der Waals surface area (Å²) in [7, 11) is 0. The first-order valence-electron chi connectivity index (χ1n) is 7.39. The molecule has 5 N–H and O–H groups in total. The highest BCUT2D eigenvalue weighted by Gasteiger charge is 2.34. The standard InChI is InChI=1S/C17H19NO5/c18-5-6-22-14-7-12(20)8-15-16(14)17(21)13(9-23-15)10-1-3-11(19)4-2-10/h1-4,7-8,13,17,19-21H,5-6,9,18H2. The lowest BCUT2D eigenvalue weighted by atomic mass is 9.87. The molecule has 2 aromatic carbocycles. The summed E-state index contributed by atoms with van der Waals surface area (Å²) in [4.78, 5) is 0. The highest BCUT2D eigenvalue weighted by atomic mass is 16.5. The average molecular weight is 317 g/mol. The second kappa shape index (κ2) is 6.36. The fraction of sp³-hybridized carbons (Fsp3) is 0.294. The van der Waals surface area contributed by atoms with E-state index in [-0.39, 0.29) is 30.6 Å². The molecule has 0 saturated heterocycles. The molecule has 0 aliphatic carbocycles. The second-order valence-corrected chi connectivity index (χ2v) is 5.45. The van der Waals surface area contributed by atoms with E-state index in [9.17, 15) is 15.3 Å². The van der Waals surface area contributed by atoms with Crippen LogP contribution in [0.1, 0.15) is 23.1 Å². The van der Waals surface area contributed by atoms with Crippen molar-refractivity contribution in [1.82, 2.24) is 0 Å². The van der Waals surface area contributed by atoms with Crippen LogP contribution >= 0.6 is 0 Å². The monoisotopic (exact) mass is 317 g/mol. The Morgan fingerprint density at radius 2 is 1.87 bits per heavy atom. The number of ether oxygens (including phenoxy) is 2. The Morgan fingerprint density at radius 1 is 1.13 bits per heavy atom. The van der Waals surface area contributed by atoms with Crippen LogP contribution in [0.2, 0.25) is 0 Å². The van der Waals surface area contributed by atoms with Crippen molar-refractivity contribution in [2.24, 2.45) is 5.73 Å². The number of aliphatic hydroxyl groups is 1. The van der Waals surface area contributed by atoms with Crippen LogP contribution in [0.5, 0.6) is 23.0 Å². The maximum Gasteiger partial charge on any atom is 0.132 e. The molecule has 0 aromatic heterocycles. The molecule has 0 saturated carbocycles. The molecule has 1 heterocycles. The Balaban J connectivity index is 1.97. The summed E-state index contributed by atoms with van der Waals surface area (Å²) in [5.41, 5.74) is 6.80. The van der Waals surface area contributed by atoms with Gasteiger partial charge in [-0.15, -0.1) is 0 Å². The smallest absolute Gasteiger partial charge is 0.132 e. The van der Waals surface area contributed by atoms with E-state index >= 15 is 0 Å². The van der Waals surface area contributed by atoms with Crippen LogP contribution in [0, 0.1) is 0 Å². The van der Waals surface area contributed by atoms with Crippen LogP contribution in [0.3, 0.4) is 0 Å². The zero-order valence-electron chi connectivity index (χ0n) is 12.5. The van der Waals surface area contributed by atoms with E-state index in [0.717, 1.165) is 5.56 Å². The van der Waals surface area contributed by atoms with Gasteiger partial charge < -0.3 is 30.5 Å². The Labute approximate surface area is 133 Å². The molecule has 2 aromatic rings. The van der Waals surface area contributed by atoms with E-state index in [1.165, 1.54) is 12.1 Å². The first kappa shape index (κ1) is 15.5. The summed E-state index contributed by atoms with van der Waals surface area (Å²) in [5.74, 6) is 0.636. The molecule has 1 aliphatic heterocycles. The normalized spacial score (nSPS) is 19.7. The molecular weight excluding hydrogens is 298 g/mol. The highest BCUT2D eigenvalue weighted by Crippen LogP contribution is 2.47. The first-order chi connectivity index (χ1) is 11.1. The fourth-order valence-electron chi connectivity index (χ4n) is 2.76. The predicted octanol–water partition coefficient (Wildman–Crippen LogP) is 1.64. The molecule has 0 spiro atoms. The minimum Gasteiger partial charge on any atom is -0.508 e. The van der Waals surface area contributed by atoms with Crippen LogP contribution in [0.15, 0.2) is 36.4 Å². The van der Waals surface area contributed by atoms with Gasteiger partial charge >= 0.3 is 0 Å². The predicted molar refractivity (Wildman–Crippen MR) is 84.0 cm³/mol. The molecule has 23 heavy (non-hydrogen) atoms. The first-order valence-corrected chi connectivity index (χ1v) is 7.39. The minimum absolute atomic E-state index is 0.00561. The van der Waals surface area contributed by atoms with E-state index in [1.807, 2.05) is 0 Å². The summed E-state index contributed by atoms with van der Waals surface area (Å²) in [6.45, 7) is 0.855. The number of phenols is 2. The van der Waals surface area contributed by atoms with E-state index in [0.29, 0.717) is 23.6 Å². The van der Waals surface area contributed by atoms with Crippen LogP contribution in [0.4, 0.5) is 0 Å². The van der Waals surface area contributed by atoms with E-state index < -0.39 is 6.10 Å². The molecule has 3 rings (SSSR count). The Kier molecular flexibility index (Phi) is 4.27. The molecule has 2 unspecified atom stereocenters. The molecule has 6 heteroatoms. The van der Waals surface area contributed by atoms with Crippen molar-refractivity contribution < 1.29 is 24.8 Å². The third-order valence-electron chi connectivity index (χ3n) is 3.88. The largest absolute Gasteiger partial charge is 0.508 e. The summed E-state index contributed by atoms with van der Waals surface area (Å²) in [5, 5.41) is 29.9. The van der Waals surface area contributed by atoms with Crippen LogP contribution in [-0.2, 0) is 0 Å². The molecule has 0 radical (unpaired) electrons. The van der Waals surface area contributed by atoms with Gasteiger partial charge in [0.25, 0.3) is 0 Å². The second-order valence-electron chi connectivity index (χ2n) is 5.45. The van der Waals surface area contributed by atoms with Gasteiger partial charge in [-0.1, -0.05) is 12.1 Å². The van der Waals surface area contributed by atoms with Crippen molar-refractivity contribution >= 4 is 0 Å². The lowest BCUT2D eigenvalue weighted by molar-refractivity contribution is 0.0847. The van der Waals surface area contributed by atoms with Gasteiger partial charge in [-0.3, -0.25) is 0 Å². The Hall–Kier alpha value is -2.44. The van der Waals surface area contributed by atoms with Gasteiger partial charge in [-0.2, -0.15) is 0 Å². The Bertz CT molecular complexity index is 686. The summed E-state index contributed by atoms with van der Waals surface area (Å²) >= 11 is 0. The number of hydrogen-bond donors (Lipinski definition) is 4. The van der Waals surface area contributed by atoms with Crippen LogP contribution in [0.25, 0.3) is 0 Å². The molecule has 6 nitrogen and oxygen atoms in total. The number of hydrogen-bond acceptors (Lipinski definition) is 6. The van der Waals surface area contributed by atoms with Gasteiger partial charge in [0.2, 0.25) is 0 Å². The number of aliphatic hydroxyl groups excluding tert-OH is 1. The Morgan fingerprint density at radius 3 is 2.57 bits per heavy atom. The molecule has 0 fully saturated rings. The van der Waals surface area contributed by atoms with Crippen LogP contribution in [-0.4, -0.2) is 35.1 Å². The third-order valence-corrected chi connectivity index (χ3v) is 3.88. The quantitative estimate of drug-likeness (QED) is 0.683. The maximum atomic E-state index is 10.8. The molecule has 122 valence electrons. The number of rotatable bonds is 4. The van der Waals surface area contributed by atoms with E-state index in [2.05, 4.69) is 0 Å². The van der Waals surface area contributed by atoms with Gasteiger partial charge in [-0.25, -0.2) is 0 Å². The van der Waals surface area contributed by atoms with Crippen LogP contribution < -0.4 is 15.2 Å². The highest BCUT2D eigenvalue weighted by molar-refractivity contribution is 5.53. The average Bonchev–Trinajstić information content (AvgIpc) is 2.53. The number of fused-ring (bicyclic) bond motifs is 1. The maximum absolute atomic E-state index is 10.8. The summed E-state index contributed by atoms with van der Waals surface area (Å²) in [6, 6.07) is 9.54. The van der Waals surface area contributed by atoms with Crippen molar-refractivity contribution in [1.29, 1.82) is 0 Å². The van der Waals surface area contributed by atoms with E-state index in [4.69, 9.17) is 15.2 Å². The summed E-state index contributed by atoms with van der Waals surface area (Å²) < 4.78 is 11.2. The SMILES string of the molecule is NCCOc1cc(O)cc2c1C(O)C(c1ccc(O)cc1)CO2. The molecule has 0 amide bonds. The van der Waals surface area contributed by atoms with E-state index in [1.54, 1.807) is 24.3 Å². The van der Waals surface area contributed by atoms with Crippen molar-refractivity contribution in [3.63, 3.8) is 0 Å². The molecule has 0 bridgehead atoms. The zero-order valence-corrected chi connectivity index (χ0v) is 12.5. The molecule has 2 atom stereocenters. The minimum atomic E-state index is -0.850. The fourth-order valence-corrected chi connectivity index (χ4v) is 2.76. The van der Waals surface area contributed by atoms with Gasteiger partial charge in [0, 0.05) is 24.6 Å². The lowest BCUT2D eigenvalue weighted by Gasteiger charge is -2.32. The van der Waals surface area contributed by atoms with Crippen molar-refractivity contribution in [2.75, 3.05) is 19.8 Å². The van der Waals surface area contributed by atoms with Gasteiger partial charge in [-0.05, 0) is 17.7 Å². The summed E-state index contributed by atoms with van der Waals surface area (Å²) in [6.07, 6.45) is -0.850. The van der Waals surface area contributed by atoms with Crippen molar-refractivity contribution in [2.45, 2.75) is 12.0 Å². The third kappa shape index (κ3) is 3.04. The van der Waals surface area contributed by atoms with Gasteiger partial charge in [0.1, 0.15) is 29.6 Å². The lowest BCUT2D eigenvalue weighted by Crippen LogP contribution is -2.25. The number of aromatic hydroxyl groups is 2. The van der Waals surface area contributed by atoms with Crippen molar-refractivity contribution in [3.8, 4) is 23.0 Å². The molecule has 1 aliphatic rings. The number of nitrogens with two attached hydrogens (primary N) is 1. The number of benzene rings is 2. The van der Waals surface area contributed by atoms with Gasteiger partial charge in [0.15, 0.2) is 0 Å². The zero-order chi connectivity index (χ0) is 16.4.